The fourth-order valence-electron chi connectivity index (χ4n) is 4.20. The van der Waals surface area contributed by atoms with Crippen LogP contribution in [0.5, 0.6) is 5.75 Å². The van der Waals surface area contributed by atoms with Crippen molar-refractivity contribution in [2.24, 2.45) is 11.7 Å². The second-order valence-electron chi connectivity index (χ2n) is 8.06. The molecule has 0 spiro atoms. The Morgan fingerprint density at radius 3 is 2.81 bits per heavy atom. The molecular formula is C24H27FN4O2. The molecule has 0 aliphatic carbocycles. The molecule has 0 saturated carbocycles. The average molecular weight is 423 g/mol. The van der Waals surface area contributed by atoms with E-state index < -0.39 is 5.82 Å². The largest absolute Gasteiger partial charge is 0.494 e. The van der Waals surface area contributed by atoms with Crippen LogP contribution in [-0.2, 0) is 11.3 Å². The molecule has 31 heavy (non-hydrogen) atoms. The van der Waals surface area contributed by atoms with E-state index in [0.717, 1.165) is 36.2 Å². The van der Waals surface area contributed by atoms with Crippen LogP contribution in [0, 0.1) is 18.7 Å². The number of nitrogens with zero attached hydrogens (tertiary/aromatic N) is 3. The number of hydrogen-bond donors (Lipinski definition) is 1. The van der Waals surface area contributed by atoms with Gasteiger partial charge in [-0.15, -0.1) is 0 Å². The topological polar surface area (TPSA) is 73.4 Å². The number of hydrogen-bond acceptors (Lipinski definition) is 4. The van der Waals surface area contributed by atoms with Crippen molar-refractivity contribution in [1.82, 2.24) is 14.7 Å². The summed E-state index contributed by atoms with van der Waals surface area (Å²) in [7, 11) is 1.45. The summed E-state index contributed by atoms with van der Waals surface area (Å²) >= 11 is 0. The van der Waals surface area contributed by atoms with Gasteiger partial charge in [0.1, 0.15) is 0 Å². The third-order valence-electron chi connectivity index (χ3n) is 5.88. The highest BCUT2D eigenvalue weighted by Crippen LogP contribution is 2.30. The summed E-state index contributed by atoms with van der Waals surface area (Å²) < 4.78 is 21.3. The van der Waals surface area contributed by atoms with E-state index in [4.69, 9.17) is 15.6 Å². The Balaban J connectivity index is 1.73. The number of nitrogens with two attached hydrogens (primary N) is 1. The lowest BCUT2D eigenvalue weighted by molar-refractivity contribution is -0.123. The summed E-state index contributed by atoms with van der Waals surface area (Å²) in [6.07, 6.45) is 3.74. The Morgan fingerprint density at radius 1 is 1.29 bits per heavy atom. The molecule has 7 heteroatoms. The molecule has 6 nitrogen and oxygen atoms in total. The lowest BCUT2D eigenvalue weighted by atomic mass is 9.97. The van der Waals surface area contributed by atoms with Crippen molar-refractivity contribution in [2.45, 2.75) is 26.3 Å². The lowest BCUT2D eigenvalue weighted by Gasteiger charge is -2.31. The minimum absolute atomic E-state index is 0.137. The number of ether oxygens (including phenoxy) is 1. The molecule has 2 heterocycles. The first kappa shape index (κ1) is 21.1. The van der Waals surface area contributed by atoms with Crippen molar-refractivity contribution in [2.75, 3.05) is 20.2 Å². The minimum Gasteiger partial charge on any atom is -0.494 e. The summed E-state index contributed by atoms with van der Waals surface area (Å²) in [6, 6.07) is 12.9. The van der Waals surface area contributed by atoms with Crippen LogP contribution in [0.2, 0.25) is 0 Å². The van der Waals surface area contributed by atoms with Gasteiger partial charge < -0.3 is 10.5 Å². The van der Waals surface area contributed by atoms with E-state index >= 15 is 0 Å². The fraction of sp³-hybridized carbons (Fsp3) is 0.333. The zero-order chi connectivity index (χ0) is 22.0. The van der Waals surface area contributed by atoms with Crippen molar-refractivity contribution in [3.05, 3.63) is 65.6 Å². The van der Waals surface area contributed by atoms with Gasteiger partial charge in [-0.05, 0) is 56.1 Å². The van der Waals surface area contributed by atoms with Gasteiger partial charge in [0.15, 0.2) is 11.6 Å². The standard InChI is InChI=1S/C24H27FN4O2/c1-16-6-3-4-8-21(16)29-15-19(14-28-11-5-7-18(13-28)24(26)30)23(27-29)17-9-10-22(31-2)20(25)12-17/h3-4,6,8-10,12,15,18H,5,7,11,13-14H2,1-2H3,(H2,26,30). The Morgan fingerprint density at radius 2 is 2.10 bits per heavy atom. The first-order valence-corrected chi connectivity index (χ1v) is 10.5. The number of amides is 1. The van der Waals surface area contributed by atoms with Gasteiger partial charge in [-0.3, -0.25) is 9.69 Å². The Bertz CT molecular complexity index is 1090. The van der Waals surface area contributed by atoms with Crippen LogP contribution < -0.4 is 10.5 Å². The second kappa shape index (κ2) is 8.89. The zero-order valence-corrected chi connectivity index (χ0v) is 17.8. The van der Waals surface area contributed by atoms with E-state index in [-0.39, 0.29) is 17.6 Å². The number of likely N-dealkylation sites (tertiary alicyclic amines) is 1. The van der Waals surface area contributed by atoms with Crippen LogP contribution in [0.15, 0.2) is 48.7 Å². The molecule has 1 unspecified atom stereocenters. The molecule has 0 bridgehead atoms. The molecule has 1 atom stereocenters. The van der Waals surface area contributed by atoms with E-state index in [9.17, 15) is 9.18 Å². The first-order chi connectivity index (χ1) is 15.0. The molecule has 2 aromatic carbocycles. The van der Waals surface area contributed by atoms with E-state index in [1.54, 1.807) is 6.07 Å². The maximum Gasteiger partial charge on any atom is 0.221 e. The molecule has 4 rings (SSSR count). The highest BCUT2D eigenvalue weighted by molar-refractivity contribution is 5.77. The summed E-state index contributed by atoms with van der Waals surface area (Å²) in [5.74, 6) is -0.619. The maximum atomic E-state index is 14.4. The van der Waals surface area contributed by atoms with Gasteiger partial charge in [-0.25, -0.2) is 9.07 Å². The van der Waals surface area contributed by atoms with Crippen LogP contribution in [0.4, 0.5) is 4.39 Å². The summed E-state index contributed by atoms with van der Waals surface area (Å²) in [5, 5.41) is 4.82. The number of benzene rings is 2. The SMILES string of the molecule is COc1ccc(-c2nn(-c3ccccc3C)cc2CN2CCCC(C(N)=O)C2)cc1F. The molecule has 1 aliphatic rings. The number of aryl methyl sites for hydroxylation is 1. The highest BCUT2D eigenvalue weighted by Gasteiger charge is 2.25. The molecule has 162 valence electrons. The van der Waals surface area contributed by atoms with Crippen LogP contribution in [0.1, 0.15) is 24.0 Å². The van der Waals surface area contributed by atoms with Crippen molar-refractivity contribution < 1.29 is 13.9 Å². The summed E-state index contributed by atoms with van der Waals surface area (Å²) in [6.45, 7) is 4.15. The first-order valence-electron chi connectivity index (χ1n) is 10.5. The minimum atomic E-state index is -0.428. The number of rotatable bonds is 6. The van der Waals surface area contributed by atoms with E-state index in [0.29, 0.717) is 24.3 Å². The van der Waals surface area contributed by atoms with Gasteiger partial charge in [0, 0.05) is 30.4 Å². The summed E-state index contributed by atoms with van der Waals surface area (Å²) in [4.78, 5) is 13.9. The number of methoxy groups -OCH3 is 1. The predicted octanol–water partition coefficient (Wildman–Crippen LogP) is 3.69. The second-order valence-corrected chi connectivity index (χ2v) is 8.06. The van der Waals surface area contributed by atoms with Crippen molar-refractivity contribution >= 4 is 5.91 Å². The van der Waals surface area contributed by atoms with Gasteiger partial charge >= 0.3 is 0 Å². The van der Waals surface area contributed by atoms with Gasteiger partial charge in [0.25, 0.3) is 0 Å². The third kappa shape index (κ3) is 4.46. The monoisotopic (exact) mass is 422 g/mol. The smallest absolute Gasteiger partial charge is 0.221 e. The molecule has 1 saturated heterocycles. The highest BCUT2D eigenvalue weighted by atomic mass is 19.1. The number of carbonyl (C=O) groups excluding carboxylic acids is 1. The van der Waals surface area contributed by atoms with Crippen LogP contribution in [0.25, 0.3) is 16.9 Å². The number of aromatic nitrogens is 2. The average Bonchev–Trinajstić information content (AvgIpc) is 3.17. The van der Waals surface area contributed by atoms with Crippen molar-refractivity contribution in [3.8, 4) is 22.7 Å². The van der Waals surface area contributed by atoms with Gasteiger partial charge in [0.2, 0.25) is 5.91 Å². The van der Waals surface area contributed by atoms with Gasteiger partial charge in [-0.1, -0.05) is 18.2 Å². The van der Waals surface area contributed by atoms with Gasteiger partial charge in [0.05, 0.1) is 24.4 Å². The fourth-order valence-corrected chi connectivity index (χ4v) is 4.20. The molecule has 3 aromatic rings. The number of para-hydroxylation sites is 1. The van der Waals surface area contributed by atoms with Gasteiger partial charge in [-0.2, -0.15) is 5.10 Å². The molecule has 1 amide bonds. The maximum absolute atomic E-state index is 14.4. The lowest BCUT2D eigenvalue weighted by Crippen LogP contribution is -2.40. The molecule has 1 aromatic heterocycles. The number of halogens is 1. The number of primary amides is 1. The molecule has 0 radical (unpaired) electrons. The quantitative estimate of drug-likeness (QED) is 0.658. The van der Waals surface area contributed by atoms with Crippen molar-refractivity contribution in [1.29, 1.82) is 0 Å². The Hall–Kier alpha value is -3.19. The predicted molar refractivity (Wildman–Crippen MR) is 117 cm³/mol. The number of piperidine rings is 1. The van der Waals surface area contributed by atoms with E-state index in [1.165, 1.54) is 13.2 Å². The Labute approximate surface area is 181 Å². The summed E-state index contributed by atoms with van der Waals surface area (Å²) in [5.41, 5.74) is 9.98. The molecule has 1 aliphatic heterocycles. The molecular weight excluding hydrogens is 395 g/mol. The molecule has 2 N–H and O–H groups in total. The Kier molecular flexibility index (Phi) is 6.04. The van der Waals surface area contributed by atoms with E-state index in [1.807, 2.05) is 48.1 Å². The molecule has 1 fully saturated rings. The third-order valence-corrected chi connectivity index (χ3v) is 5.88. The van der Waals surface area contributed by atoms with Crippen LogP contribution in [0.3, 0.4) is 0 Å². The normalized spacial score (nSPS) is 16.9. The van der Waals surface area contributed by atoms with Crippen LogP contribution in [-0.4, -0.2) is 40.8 Å². The van der Waals surface area contributed by atoms with Crippen molar-refractivity contribution in [3.63, 3.8) is 0 Å². The van der Waals surface area contributed by atoms with Crippen LogP contribution >= 0.6 is 0 Å². The number of carbonyl (C=O) groups is 1. The zero-order valence-electron chi connectivity index (χ0n) is 17.8. The van der Waals surface area contributed by atoms with E-state index in [2.05, 4.69) is 4.90 Å².